The normalized spacial score (nSPS) is 14.6. The molecule has 4 atom stereocenters. The van der Waals surface area contributed by atoms with Gasteiger partial charge < -0.3 is 66.1 Å². The Morgan fingerprint density at radius 2 is 0.991 bits per heavy atom. The molecular formula is C86H85N5O15. The number of carboxylic acid groups (broad SMARTS) is 1. The van der Waals surface area contributed by atoms with Crippen molar-refractivity contribution in [1.82, 2.24) is 24.0 Å². The molecule has 2 aliphatic rings. The number of aliphatic carboxylic acids is 1. The molecule has 20 heteroatoms. The van der Waals surface area contributed by atoms with Crippen LogP contribution in [0.4, 0.5) is 4.79 Å². The zero-order chi connectivity index (χ0) is 73.6. The van der Waals surface area contributed by atoms with E-state index in [1.165, 1.54) is 4.90 Å². The van der Waals surface area contributed by atoms with E-state index in [4.69, 9.17) is 51.8 Å². The Labute approximate surface area is 614 Å². The molecule has 20 nitrogen and oxygen atoms in total. The van der Waals surface area contributed by atoms with E-state index in [0.717, 1.165) is 114 Å². The quantitative estimate of drug-likeness (QED) is 0.0513. The highest BCUT2D eigenvalue weighted by atomic mass is 16.6. The fraction of sp³-hybridized carbons (Fsp3) is 0.267. The average molecular weight is 1430 g/mol. The van der Waals surface area contributed by atoms with Gasteiger partial charge in [-0.05, 0) is 141 Å². The van der Waals surface area contributed by atoms with Gasteiger partial charge in [-0.15, -0.1) is 0 Å². The number of imide groups is 1. The van der Waals surface area contributed by atoms with Crippen molar-refractivity contribution in [3.8, 4) is 57.4 Å². The topological polar surface area (TPSA) is 231 Å². The first-order valence-electron chi connectivity index (χ1n) is 35.6. The number of carbonyl (C=O) groups is 3. The predicted octanol–water partition coefficient (Wildman–Crippen LogP) is 17.4. The van der Waals surface area contributed by atoms with Crippen LogP contribution >= 0.6 is 0 Å². The van der Waals surface area contributed by atoms with E-state index in [1.54, 1.807) is 21.1 Å². The van der Waals surface area contributed by atoms with Crippen LogP contribution in [0.3, 0.4) is 0 Å². The van der Waals surface area contributed by atoms with Crippen molar-refractivity contribution in [2.75, 3.05) is 40.6 Å². The Kier molecular flexibility index (Phi) is 23.1. The number of hydrogen-bond acceptors (Lipinski definition) is 16. The molecule has 3 unspecified atom stereocenters. The van der Waals surface area contributed by atoms with Crippen molar-refractivity contribution in [3.05, 3.63) is 252 Å². The number of oxazole rings is 2. The lowest BCUT2D eigenvalue weighted by molar-refractivity contribution is -0.141. The van der Waals surface area contributed by atoms with Gasteiger partial charge in [-0.25, -0.2) is 19.7 Å². The van der Waals surface area contributed by atoms with Crippen molar-refractivity contribution >= 4 is 61.6 Å². The minimum atomic E-state index is -0.819. The van der Waals surface area contributed by atoms with Crippen molar-refractivity contribution in [2.24, 2.45) is 11.8 Å². The summed E-state index contributed by atoms with van der Waals surface area (Å²) in [5.74, 6) is 4.54. The van der Waals surface area contributed by atoms with Crippen LogP contribution < -0.4 is 28.4 Å². The molecule has 2 amide bonds. The molecule has 15 rings (SSSR count). The molecule has 6 heterocycles. The van der Waals surface area contributed by atoms with E-state index >= 15 is 0 Å². The number of carboxylic acids is 1. The van der Waals surface area contributed by atoms with E-state index in [1.807, 2.05) is 197 Å². The maximum atomic E-state index is 13.5. The summed E-state index contributed by atoms with van der Waals surface area (Å²) >= 11 is 0. The van der Waals surface area contributed by atoms with Gasteiger partial charge in [0, 0.05) is 75.7 Å². The molecule has 0 spiro atoms. The summed E-state index contributed by atoms with van der Waals surface area (Å²) in [4.78, 5) is 48.0. The van der Waals surface area contributed by atoms with Crippen LogP contribution in [0.15, 0.2) is 221 Å². The smallest absolute Gasteiger partial charge is 0.416 e. The lowest BCUT2D eigenvalue weighted by Crippen LogP contribution is -2.43. The molecule has 0 bridgehead atoms. The number of aliphatic hydroxyl groups excluding tert-OH is 1. The summed E-state index contributed by atoms with van der Waals surface area (Å²) in [6, 6.07) is 69.6. The Bertz CT molecular complexity index is 5180. The third kappa shape index (κ3) is 16.7. The number of aliphatic hydroxyl groups is 1. The van der Waals surface area contributed by atoms with E-state index in [-0.39, 0.29) is 31.8 Å². The third-order valence-electron chi connectivity index (χ3n) is 19.1. The van der Waals surface area contributed by atoms with Gasteiger partial charge in [0.15, 0.2) is 29.3 Å². The highest BCUT2D eigenvalue weighted by Gasteiger charge is 2.40. The number of ether oxygens (including phenoxy) is 8. The van der Waals surface area contributed by atoms with Crippen LogP contribution in [0.2, 0.25) is 0 Å². The molecule has 2 saturated heterocycles. The standard InChI is InChI=1S/C46H43N3O7.C36H34N2O6.C4H8O2/c1-30(45(50)49-35(28-55-46(49)51)25-32-13-6-4-7-14-32)23-24-53-41-20-12-19-39-43(41)36-17-10-11-18-38(36)48(39)27-33-21-22-40(42(26-33)52-3)54-29-37-31(2)56-44(47-37)34-15-8-5-9-16-34;1-23(36(39)40)18-19-42-32-15-9-14-30-34(32)27-12-7-8-13-29(27)38(30)21-25-16-17-31(33(20-25)41-3)43-22-28-24(2)44-35(37-28)26-10-5-4-6-11-26;5-4-2-1-3-6-4/h4-22,26,30,35H,23-25,27-29H2,1-3H3;4-17,20,23H,18-19,21-22H2,1-3H3,(H,39,40);4-5H,1-3H2/t30?,35-;;/m0../s1. The monoisotopic (exact) mass is 1430 g/mol. The van der Waals surface area contributed by atoms with Crippen LogP contribution in [0.25, 0.3) is 66.5 Å². The second-order valence-corrected chi connectivity index (χ2v) is 26.3. The van der Waals surface area contributed by atoms with Crippen molar-refractivity contribution < 1.29 is 71.3 Å². The Balaban J connectivity index is 0.000000178. The second-order valence-electron chi connectivity index (χ2n) is 26.3. The van der Waals surface area contributed by atoms with Gasteiger partial charge in [0.1, 0.15) is 54.2 Å². The molecule has 9 aromatic carbocycles. The Hall–Kier alpha value is -11.9. The zero-order valence-electron chi connectivity index (χ0n) is 60.1. The van der Waals surface area contributed by atoms with Gasteiger partial charge in [-0.1, -0.05) is 141 Å². The highest BCUT2D eigenvalue weighted by Crippen LogP contribution is 2.40. The largest absolute Gasteiger partial charge is 0.493 e. The minimum absolute atomic E-state index is 0.194. The molecule has 0 radical (unpaired) electrons. The molecule has 106 heavy (non-hydrogen) atoms. The number of methoxy groups -OCH3 is 2. The number of aromatic nitrogens is 4. The van der Waals surface area contributed by atoms with Gasteiger partial charge in [-0.2, -0.15) is 0 Å². The van der Waals surface area contributed by atoms with Crippen LogP contribution in [-0.2, 0) is 51.8 Å². The molecule has 0 aliphatic carbocycles. The van der Waals surface area contributed by atoms with Gasteiger partial charge in [0.2, 0.25) is 17.7 Å². The predicted molar refractivity (Wildman–Crippen MR) is 405 cm³/mol. The Morgan fingerprint density at radius 3 is 1.44 bits per heavy atom. The summed E-state index contributed by atoms with van der Waals surface area (Å²) in [5.41, 5.74) is 10.6. The van der Waals surface area contributed by atoms with Gasteiger partial charge in [0.25, 0.3) is 0 Å². The molecule has 2 aliphatic heterocycles. The molecule has 2 fully saturated rings. The number of cyclic esters (lactones) is 1. The highest BCUT2D eigenvalue weighted by molar-refractivity contribution is 6.12. The fourth-order valence-electron chi connectivity index (χ4n) is 13.3. The Morgan fingerprint density at radius 1 is 0.528 bits per heavy atom. The third-order valence-corrected chi connectivity index (χ3v) is 19.1. The lowest BCUT2D eigenvalue weighted by atomic mass is 10.0. The van der Waals surface area contributed by atoms with Crippen LogP contribution in [0.1, 0.15) is 79.1 Å². The van der Waals surface area contributed by atoms with Crippen LogP contribution in [0.5, 0.6) is 34.5 Å². The van der Waals surface area contributed by atoms with Crippen molar-refractivity contribution in [1.29, 1.82) is 0 Å². The van der Waals surface area contributed by atoms with Crippen LogP contribution in [-0.4, -0.2) is 105 Å². The van der Waals surface area contributed by atoms with E-state index in [2.05, 4.69) is 55.5 Å². The molecule has 2 N–H and O–H groups in total. The maximum Gasteiger partial charge on any atom is 0.416 e. The number of carbonyl (C=O) groups excluding carboxylic acids is 2. The number of fused-ring (bicyclic) bond motifs is 6. The van der Waals surface area contributed by atoms with Gasteiger partial charge in [-0.3, -0.25) is 9.59 Å². The SMILES string of the molecule is COc1cc(Cn2c3ccccc3c3c(OCCC(C)C(=O)N4C(=O)OC[C@@H]4Cc4ccccc4)cccc32)ccc1OCc1nc(-c2ccccc2)oc1C.COc1cc(Cn2c3ccccc3c3c(OCCC(C)C(=O)O)cccc32)ccc1OCc1nc(-c2ccccc2)oc1C.OC1CCCO1. The van der Waals surface area contributed by atoms with Gasteiger partial charge >= 0.3 is 12.1 Å². The molecule has 13 aromatic rings. The number of benzene rings is 9. The van der Waals surface area contributed by atoms with E-state index in [0.29, 0.717) is 91.9 Å². The number of para-hydroxylation sites is 2. The zero-order valence-corrected chi connectivity index (χ0v) is 60.1. The fourth-order valence-corrected chi connectivity index (χ4v) is 13.3. The van der Waals surface area contributed by atoms with Crippen molar-refractivity contribution in [3.63, 3.8) is 0 Å². The second kappa shape index (κ2) is 33.7. The first-order valence-corrected chi connectivity index (χ1v) is 35.6. The number of rotatable bonds is 26. The summed E-state index contributed by atoms with van der Waals surface area (Å²) in [6.45, 7) is 10.5. The number of aryl methyl sites for hydroxylation is 2. The average Bonchev–Trinajstić information content (AvgIpc) is 1.60. The first-order chi connectivity index (χ1) is 51.7. The number of hydrogen-bond donors (Lipinski definition) is 2. The number of amides is 2. The van der Waals surface area contributed by atoms with Crippen LogP contribution in [0, 0.1) is 25.7 Å². The maximum absolute atomic E-state index is 13.5. The minimum Gasteiger partial charge on any atom is -0.493 e. The number of nitrogens with zero attached hydrogens (tertiary/aromatic N) is 5. The van der Waals surface area contributed by atoms with Gasteiger partial charge in [0.05, 0.1) is 50.4 Å². The molecule has 544 valence electrons. The first kappa shape index (κ1) is 72.5. The summed E-state index contributed by atoms with van der Waals surface area (Å²) < 4.78 is 62.8. The summed E-state index contributed by atoms with van der Waals surface area (Å²) in [7, 11) is 3.27. The summed E-state index contributed by atoms with van der Waals surface area (Å²) in [5, 5.41) is 21.9. The lowest BCUT2D eigenvalue weighted by Gasteiger charge is -2.23. The van der Waals surface area contributed by atoms with Crippen molar-refractivity contribution in [2.45, 2.75) is 98.4 Å². The molecular weight excluding hydrogens is 1340 g/mol. The molecule has 4 aromatic heterocycles. The molecule has 0 saturated carbocycles. The van der Waals surface area contributed by atoms with E-state index < -0.39 is 30.2 Å². The summed E-state index contributed by atoms with van der Waals surface area (Å²) in [6.07, 6.45) is 2.22. The van der Waals surface area contributed by atoms with E-state index in [9.17, 15) is 19.5 Å².